The van der Waals surface area contributed by atoms with Crippen molar-refractivity contribution >= 4 is 29.2 Å². The van der Waals surface area contributed by atoms with E-state index in [0.717, 1.165) is 0 Å². The van der Waals surface area contributed by atoms with Crippen LogP contribution in [-0.2, 0) is 21.0 Å². The van der Waals surface area contributed by atoms with Crippen LogP contribution in [-0.4, -0.2) is 42.8 Å². The van der Waals surface area contributed by atoms with Crippen molar-refractivity contribution in [2.75, 3.05) is 14.2 Å². The lowest BCUT2D eigenvalue weighted by molar-refractivity contribution is -0.114. The van der Waals surface area contributed by atoms with Crippen LogP contribution in [0.4, 0.5) is 0 Å². The normalized spacial score (nSPS) is 11.2. The number of pyridine rings is 1. The van der Waals surface area contributed by atoms with Crippen molar-refractivity contribution in [2.45, 2.75) is 26.6 Å². The molecule has 0 aliphatic heterocycles. The Morgan fingerprint density at radius 2 is 2.00 bits per heavy atom. The van der Waals surface area contributed by atoms with E-state index in [4.69, 9.17) is 25.9 Å². The lowest BCUT2D eigenvalue weighted by Gasteiger charge is -2.13. The maximum absolute atomic E-state index is 12.1. The van der Waals surface area contributed by atoms with E-state index in [1.54, 1.807) is 38.1 Å². The summed E-state index contributed by atoms with van der Waals surface area (Å²) in [5.41, 5.74) is 1.56. The van der Waals surface area contributed by atoms with E-state index in [2.05, 4.69) is 15.5 Å². The van der Waals surface area contributed by atoms with Crippen LogP contribution in [0.15, 0.2) is 41.7 Å². The van der Waals surface area contributed by atoms with Gasteiger partial charge in [0.2, 0.25) is 5.88 Å². The third-order valence-corrected chi connectivity index (χ3v) is 3.92. The molecule has 0 saturated carbocycles. The summed E-state index contributed by atoms with van der Waals surface area (Å²) < 4.78 is 10.8. The number of oxime groups is 1. The molecule has 2 rings (SSSR count). The molecule has 9 heteroatoms. The molecule has 2 aromatic rings. The second-order valence-electron chi connectivity index (χ2n) is 6.11. The summed E-state index contributed by atoms with van der Waals surface area (Å²) in [7, 11) is 2.86. The number of carbonyl (C=O) groups excluding carboxylic acids is 2. The summed E-state index contributed by atoms with van der Waals surface area (Å²) in [5.74, 6) is -0.770. The predicted octanol–water partition coefficient (Wildman–Crippen LogP) is 2.98. The molecule has 0 unspecified atom stereocenters. The number of ether oxygens (including phenoxy) is 2. The average Bonchev–Trinajstić information content (AvgIpc) is 2.70. The molecule has 0 aliphatic carbocycles. The summed E-state index contributed by atoms with van der Waals surface area (Å²) >= 11 is 6.20. The van der Waals surface area contributed by atoms with E-state index in [1.807, 2.05) is 0 Å². The molecule has 1 aromatic carbocycles. The van der Waals surface area contributed by atoms with Crippen LogP contribution in [0.25, 0.3) is 0 Å². The van der Waals surface area contributed by atoms with Crippen molar-refractivity contribution in [2.24, 2.45) is 5.16 Å². The fourth-order valence-corrected chi connectivity index (χ4v) is 2.59. The first-order chi connectivity index (χ1) is 13.9. The van der Waals surface area contributed by atoms with E-state index in [1.165, 1.54) is 26.4 Å². The number of halogens is 1. The number of amides is 1. The van der Waals surface area contributed by atoms with Gasteiger partial charge in [-0.1, -0.05) is 41.0 Å². The summed E-state index contributed by atoms with van der Waals surface area (Å²) in [6.07, 6.45) is 1.08. The van der Waals surface area contributed by atoms with Crippen LogP contribution in [0.2, 0.25) is 5.02 Å². The van der Waals surface area contributed by atoms with Gasteiger partial charge in [-0.3, -0.25) is 4.79 Å². The molecular formula is C20H22ClN3O5. The maximum Gasteiger partial charge on any atom is 0.340 e. The van der Waals surface area contributed by atoms with Gasteiger partial charge in [-0.05, 0) is 25.5 Å². The Hall–Kier alpha value is -3.13. The summed E-state index contributed by atoms with van der Waals surface area (Å²) in [5, 5.41) is 6.49. The minimum atomic E-state index is -0.516. The third kappa shape index (κ3) is 5.92. The molecule has 0 aliphatic rings. The number of nitrogens with one attached hydrogen (secondary N) is 1. The van der Waals surface area contributed by atoms with E-state index in [9.17, 15) is 9.59 Å². The second kappa shape index (κ2) is 10.4. The van der Waals surface area contributed by atoms with Gasteiger partial charge in [0.05, 0.1) is 11.7 Å². The zero-order valence-corrected chi connectivity index (χ0v) is 17.3. The minimum Gasteiger partial charge on any atom is -0.472 e. The molecule has 154 valence electrons. The Kier molecular flexibility index (Phi) is 7.97. The molecule has 0 bridgehead atoms. The summed E-state index contributed by atoms with van der Waals surface area (Å²) in [6, 6.07) is 8.52. The molecule has 29 heavy (non-hydrogen) atoms. The number of rotatable bonds is 8. The molecule has 0 radical (unpaired) electrons. The number of benzene rings is 1. The number of aromatic nitrogens is 1. The van der Waals surface area contributed by atoms with Crippen LogP contribution >= 0.6 is 11.6 Å². The van der Waals surface area contributed by atoms with Crippen molar-refractivity contribution in [3.63, 3.8) is 0 Å². The fraction of sp³-hybridized carbons (Fsp3) is 0.300. The van der Waals surface area contributed by atoms with Gasteiger partial charge < -0.3 is 19.6 Å². The fourth-order valence-electron chi connectivity index (χ4n) is 2.37. The van der Waals surface area contributed by atoms with E-state index >= 15 is 0 Å². The SMILES string of the molecule is CNC(=O)/C(=N\OC)c1ccccc1COc1ncc(C(=O)OC(C)C)cc1Cl. The zero-order chi connectivity index (χ0) is 21.4. The first kappa shape index (κ1) is 22.2. The summed E-state index contributed by atoms with van der Waals surface area (Å²) in [4.78, 5) is 33.0. The van der Waals surface area contributed by atoms with E-state index in [0.29, 0.717) is 11.1 Å². The molecule has 1 amide bonds. The van der Waals surface area contributed by atoms with Crippen LogP contribution in [0, 0.1) is 0 Å². The molecule has 0 saturated heterocycles. The molecule has 0 spiro atoms. The van der Waals surface area contributed by atoms with Crippen LogP contribution in [0.3, 0.4) is 0 Å². The highest BCUT2D eigenvalue weighted by atomic mass is 35.5. The van der Waals surface area contributed by atoms with Crippen molar-refractivity contribution in [3.8, 4) is 5.88 Å². The molecule has 8 nitrogen and oxygen atoms in total. The van der Waals surface area contributed by atoms with Gasteiger partial charge >= 0.3 is 5.97 Å². The minimum absolute atomic E-state index is 0.0679. The summed E-state index contributed by atoms with van der Waals surface area (Å²) in [6.45, 7) is 3.57. The Morgan fingerprint density at radius 3 is 2.62 bits per heavy atom. The second-order valence-corrected chi connectivity index (χ2v) is 6.52. The van der Waals surface area contributed by atoms with Gasteiger partial charge in [-0.2, -0.15) is 0 Å². The number of hydrogen-bond donors (Lipinski definition) is 1. The van der Waals surface area contributed by atoms with E-state index in [-0.39, 0.29) is 34.9 Å². The van der Waals surface area contributed by atoms with E-state index < -0.39 is 11.9 Å². The lowest BCUT2D eigenvalue weighted by atomic mass is 10.0. The maximum atomic E-state index is 12.1. The van der Waals surface area contributed by atoms with Crippen LogP contribution in [0.5, 0.6) is 5.88 Å². The number of esters is 1. The van der Waals surface area contributed by atoms with Crippen LogP contribution in [0.1, 0.15) is 35.3 Å². The number of nitrogens with zero attached hydrogens (tertiary/aromatic N) is 2. The highest BCUT2D eigenvalue weighted by molar-refractivity contribution is 6.45. The quantitative estimate of drug-likeness (QED) is 0.401. The predicted molar refractivity (Wildman–Crippen MR) is 108 cm³/mol. The van der Waals surface area contributed by atoms with Gasteiger partial charge in [0, 0.05) is 18.8 Å². The number of likely N-dealkylation sites (N-methyl/N-ethyl adjacent to an activating group) is 1. The highest BCUT2D eigenvalue weighted by Gasteiger charge is 2.18. The topological polar surface area (TPSA) is 99.1 Å². The molecule has 1 aromatic heterocycles. The van der Waals surface area contributed by atoms with Crippen molar-refractivity contribution < 1.29 is 23.9 Å². The average molecular weight is 420 g/mol. The zero-order valence-electron chi connectivity index (χ0n) is 16.6. The van der Waals surface area contributed by atoms with Crippen LogP contribution < -0.4 is 10.1 Å². The molecule has 0 atom stereocenters. The Balaban J connectivity index is 2.22. The molecule has 1 heterocycles. The smallest absolute Gasteiger partial charge is 0.340 e. The van der Waals surface area contributed by atoms with Gasteiger partial charge in [0.1, 0.15) is 18.7 Å². The molecule has 1 N–H and O–H groups in total. The molecular weight excluding hydrogens is 398 g/mol. The Morgan fingerprint density at radius 1 is 1.28 bits per heavy atom. The van der Waals surface area contributed by atoms with Crippen molar-refractivity contribution in [1.29, 1.82) is 0 Å². The first-order valence-electron chi connectivity index (χ1n) is 8.78. The lowest BCUT2D eigenvalue weighted by Crippen LogP contribution is -2.29. The van der Waals surface area contributed by atoms with Gasteiger partial charge in [0.25, 0.3) is 5.91 Å². The standard InChI is InChI=1S/C20H22ClN3O5/c1-12(2)29-20(26)14-9-16(21)19(23-10-14)28-11-13-7-5-6-8-15(13)17(24-27-4)18(25)22-3/h5-10,12H,11H2,1-4H3,(H,22,25)/b24-17-. The number of carbonyl (C=O) groups is 2. The van der Waals surface area contributed by atoms with Gasteiger partial charge in [-0.15, -0.1) is 0 Å². The highest BCUT2D eigenvalue weighted by Crippen LogP contribution is 2.24. The largest absolute Gasteiger partial charge is 0.472 e. The van der Waals surface area contributed by atoms with Crippen molar-refractivity contribution in [1.82, 2.24) is 10.3 Å². The third-order valence-electron chi connectivity index (χ3n) is 3.65. The monoisotopic (exact) mass is 419 g/mol. The van der Waals surface area contributed by atoms with Crippen molar-refractivity contribution in [3.05, 3.63) is 58.2 Å². The Labute approximate surface area is 173 Å². The van der Waals surface area contributed by atoms with Gasteiger partial charge in [0.15, 0.2) is 5.71 Å². The molecule has 0 fully saturated rings. The Bertz CT molecular complexity index is 915. The number of hydrogen-bond acceptors (Lipinski definition) is 7. The van der Waals surface area contributed by atoms with Gasteiger partial charge in [-0.25, -0.2) is 9.78 Å². The first-order valence-corrected chi connectivity index (χ1v) is 9.16.